The Morgan fingerprint density at radius 2 is 2.25 bits per heavy atom. The number of hydrogen-bond acceptors (Lipinski definition) is 3. The molecule has 0 aromatic carbocycles. The molecule has 2 nitrogen and oxygen atoms in total. The fraction of sp³-hybridized carbons (Fsp3) is 0.636. The Bertz CT molecular complexity index is 336. The zero-order chi connectivity index (χ0) is 11.5. The van der Waals surface area contributed by atoms with Gasteiger partial charge in [-0.3, -0.25) is 0 Å². The van der Waals surface area contributed by atoms with Crippen molar-refractivity contribution in [2.24, 2.45) is 5.92 Å². The van der Waals surface area contributed by atoms with E-state index in [4.69, 9.17) is 0 Å². The van der Waals surface area contributed by atoms with E-state index in [0.29, 0.717) is 5.92 Å². The third-order valence-corrected chi connectivity index (χ3v) is 6.28. The lowest BCUT2D eigenvalue weighted by molar-refractivity contribution is 0.131. The van der Waals surface area contributed by atoms with Crippen LogP contribution in [0.4, 0.5) is 0 Å². The van der Waals surface area contributed by atoms with Crippen molar-refractivity contribution >= 4 is 43.2 Å². The quantitative estimate of drug-likeness (QED) is 0.852. The minimum absolute atomic E-state index is 0.0886. The second-order valence-corrected chi connectivity index (χ2v) is 7.53. The van der Waals surface area contributed by atoms with Gasteiger partial charge in [0.15, 0.2) is 0 Å². The fourth-order valence-corrected chi connectivity index (χ4v) is 4.26. The topological polar surface area (TPSA) is 32.3 Å². The van der Waals surface area contributed by atoms with Gasteiger partial charge in [-0.05, 0) is 56.7 Å². The number of thiophene rings is 1. The molecule has 1 heterocycles. The molecule has 2 N–H and O–H groups in total. The molecule has 0 amide bonds. The fourth-order valence-electron chi connectivity index (χ4n) is 2.11. The maximum absolute atomic E-state index is 9.68. The largest absolute Gasteiger partial charge is 0.393 e. The van der Waals surface area contributed by atoms with E-state index in [0.717, 1.165) is 34.2 Å². The molecule has 1 saturated carbocycles. The molecule has 0 radical (unpaired) electrons. The highest BCUT2D eigenvalue weighted by atomic mass is 79.9. The van der Waals surface area contributed by atoms with Crippen LogP contribution >= 0.6 is 43.2 Å². The molecule has 0 aliphatic heterocycles. The molecule has 0 saturated heterocycles. The van der Waals surface area contributed by atoms with Crippen LogP contribution in [-0.2, 0) is 6.54 Å². The number of hydrogen-bond donors (Lipinski definition) is 2. The molecule has 1 aromatic heterocycles. The summed E-state index contributed by atoms with van der Waals surface area (Å²) in [6, 6.07) is 2.13. The summed E-state index contributed by atoms with van der Waals surface area (Å²) in [5, 5.41) is 13.1. The molecule has 2 rings (SSSR count). The maximum atomic E-state index is 9.68. The van der Waals surface area contributed by atoms with E-state index >= 15 is 0 Å². The third kappa shape index (κ3) is 3.29. The summed E-state index contributed by atoms with van der Waals surface area (Å²) in [7, 11) is 0. The van der Waals surface area contributed by atoms with Crippen LogP contribution < -0.4 is 5.32 Å². The summed E-state index contributed by atoms with van der Waals surface area (Å²) >= 11 is 8.71. The van der Waals surface area contributed by atoms with Crippen LogP contribution in [0.15, 0.2) is 14.3 Å². The molecule has 1 aliphatic rings. The van der Waals surface area contributed by atoms with Crippen LogP contribution in [-0.4, -0.2) is 17.8 Å². The van der Waals surface area contributed by atoms with Crippen LogP contribution in [0.3, 0.4) is 0 Å². The van der Waals surface area contributed by atoms with Gasteiger partial charge in [-0.2, -0.15) is 0 Å². The van der Waals surface area contributed by atoms with Crippen LogP contribution in [0.5, 0.6) is 0 Å². The van der Waals surface area contributed by atoms with Crippen LogP contribution in [0.25, 0.3) is 0 Å². The van der Waals surface area contributed by atoms with Crippen LogP contribution in [0.1, 0.15) is 24.1 Å². The molecule has 1 aliphatic carbocycles. The van der Waals surface area contributed by atoms with Gasteiger partial charge in [0.2, 0.25) is 0 Å². The summed E-state index contributed by atoms with van der Waals surface area (Å²) in [5.74, 6) is 0.451. The van der Waals surface area contributed by atoms with E-state index in [1.54, 1.807) is 11.3 Å². The lowest BCUT2D eigenvalue weighted by Crippen LogP contribution is -2.27. The highest BCUT2D eigenvalue weighted by Crippen LogP contribution is 2.32. The van der Waals surface area contributed by atoms with Crippen molar-refractivity contribution in [3.05, 3.63) is 19.2 Å². The number of rotatable bonds is 4. The Balaban J connectivity index is 1.75. The second kappa shape index (κ2) is 5.96. The van der Waals surface area contributed by atoms with Gasteiger partial charge in [0.1, 0.15) is 0 Å². The lowest BCUT2D eigenvalue weighted by atomic mass is 10.1. The first-order chi connectivity index (χ1) is 7.66. The zero-order valence-electron chi connectivity index (χ0n) is 8.88. The van der Waals surface area contributed by atoms with E-state index in [1.807, 2.05) is 0 Å². The highest BCUT2D eigenvalue weighted by Gasteiger charge is 2.24. The van der Waals surface area contributed by atoms with Crippen LogP contribution in [0, 0.1) is 5.92 Å². The zero-order valence-corrected chi connectivity index (χ0v) is 12.9. The maximum Gasteiger partial charge on any atom is 0.0843 e. The van der Waals surface area contributed by atoms with E-state index in [1.165, 1.54) is 11.3 Å². The highest BCUT2D eigenvalue weighted by molar-refractivity contribution is 9.13. The average molecular weight is 369 g/mol. The van der Waals surface area contributed by atoms with Gasteiger partial charge in [0, 0.05) is 22.4 Å². The molecule has 2 atom stereocenters. The first kappa shape index (κ1) is 13.0. The normalized spacial score (nSPS) is 25.2. The predicted molar refractivity (Wildman–Crippen MR) is 74.8 cm³/mol. The Morgan fingerprint density at radius 3 is 2.81 bits per heavy atom. The minimum atomic E-state index is -0.0886. The summed E-state index contributed by atoms with van der Waals surface area (Å²) in [4.78, 5) is 1.31. The van der Waals surface area contributed by atoms with Gasteiger partial charge in [0.05, 0.1) is 9.89 Å². The second-order valence-electron chi connectivity index (χ2n) is 4.22. The molecule has 5 heteroatoms. The van der Waals surface area contributed by atoms with E-state index < -0.39 is 0 Å². The Kier molecular flexibility index (Phi) is 4.85. The molecular formula is C11H15Br2NOS. The number of aliphatic hydroxyl groups excluding tert-OH is 1. The third-order valence-electron chi connectivity index (χ3n) is 3.02. The van der Waals surface area contributed by atoms with E-state index in [2.05, 4.69) is 43.2 Å². The molecular weight excluding hydrogens is 354 g/mol. The predicted octanol–water partition coefficient (Wildman–Crippen LogP) is 3.52. The monoisotopic (exact) mass is 367 g/mol. The molecule has 90 valence electrons. The van der Waals surface area contributed by atoms with Crippen molar-refractivity contribution in [3.8, 4) is 0 Å². The first-order valence-electron chi connectivity index (χ1n) is 5.49. The number of aliphatic hydroxyl groups is 1. The van der Waals surface area contributed by atoms with Gasteiger partial charge in [-0.15, -0.1) is 11.3 Å². The molecule has 1 fully saturated rings. The molecule has 0 spiro atoms. The van der Waals surface area contributed by atoms with Crippen molar-refractivity contribution in [1.82, 2.24) is 5.32 Å². The van der Waals surface area contributed by atoms with Gasteiger partial charge < -0.3 is 10.4 Å². The summed E-state index contributed by atoms with van der Waals surface area (Å²) in [6.07, 6.45) is 3.22. The first-order valence-corrected chi connectivity index (χ1v) is 7.89. The SMILES string of the molecule is OC1CCCC1CNCc1cc(Br)c(Br)s1. The smallest absolute Gasteiger partial charge is 0.0843 e. The molecule has 16 heavy (non-hydrogen) atoms. The average Bonchev–Trinajstić information content (AvgIpc) is 2.76. The standard InChI is InChI=1S/C11H15Br2NOS/c12-9-4-8(16-11(9)13)6-14-5-7-2-1-3-10(7)15/h4,7,10,14-15H,1-3,5-6H2. The lowest BCUT2D eigenvalue weighted by Gasteiger charge is -2.14. The van der Waals surface area contributed by atoms with Crippen molar-refractivity contribution in [2.45, 2.75) is 31.9 Å². The van der Waals surface area contributed by atoms with E-state index in [9.17, 15) is 5.11 Å². The van der Waals surface area contributed by atoms with Crippen molar-refractivity contribution in [2.75, 3.05) is 6.54 Å². The van der Waals surface area contributed by atoms with Crippen molar-refractivity contribution in [3.63, 3.8) is 0 Å². The minimum Gasteiger partial charge on any atom is -0.393 e. The molecule has 2 unspecified atom stereocenters. The van der Waals surface area contributed by atoms with Gasteiger partial charge in [-0.25, -0.2) is 0 Å². The van der Waals surface area contributed by atoms with Gasteiger partial charge >= 0.3 is 0 Å². The Labute approximate surface area is 117 Å². The number of nitrogens with one attached hydrogen (secondary N) is 1. The summed E-state index contributed by atoms with van der Waals surface area (Å²) in [6.45, 7) is 1.81. The van der Waals surface area contributed by atoms with E-state index in [-0.39, 0.29) is 6.10 Å². The Morgan fingerprint density at radius 1 is 1.44 bits per heavy atom. The van der Waals surface area contributed by atoms with Gasteiger partial charge in [-0.1, -0.05) is 6.42 Å². The Hall–Kier alpha value is 0.580. The van der Waals surface area contributed by atoms with Crippen LogP contribution in [0.2, 0.25) is 0 Å². The summed E-state index contributed by atoms with van der Waals surface area (Å²) in [5.41, 5.74) is 0. The molecule has 0 bridgehead atoms. The van der Waals surface area contributed by atoms with Gasteiger partial charge in [0.25, 0.3) is 0 Å². The number of halogens is 2. The van der Waals surface area contributed by atoms with Crippen molar-refractivity contribution < 1.29 is 5.11 Å². The molecule has 1 aromatic rings. The van der Waals surface area contributed by atoms with Crippen molar-refractivity contribution in [1.29, 1.82) is 0 Å². The summed E-state index contributed by atoms with van der Waals surface area (Å²) < 4.78 is 2.26.